The molecule has 0 fully saturated rings. The highest BCUT2D eigenvalue weighted by Gasteiger charge is 2.31. The molecule has 2 N–H and O–H groups in total. The summed E-state index contributed by atoms with van der Waals surface area (Å²) in [5.41, 5.74) is 1.40. The van der Waals surface area contributed by atoms with E-state index in [0.29, 0.717) is 23.6 Å². The highest BCUT2D eigenvalue weighted by atomic mass is 16.5. The largest absolute Gasteiger partial charge is 0.497 e. The minimum atomic E-state index is -0.667. The quantitative estimate of drug-likeness (QED) is 0.411. The Morgan fingerprint density at radius 1 is 0.886 bits per heavy atom. The van der Waals surface area contributed by atoms with E-state index in [4.69, 9.17) is 4.74 Å². The molecular weight excluding hydrogens is 446 g/mol. The van der Waals surface area contributed by atoms with Crippen molar-refractivity contribution in [3.8, 4) is 5.75 Å². The van der Waals surface area contributed by atoms with Gasteiger partial charge in [-0.05, 0) is 23.8 Å². The molecule has 172 valence electrons. The van der Waals surface area contributed by atoms with Gasteiger partial charge in [-0.25, -0.2) is 4.98 Å². The second-order valence-electron chi connectivity index (χ2n) is 7.99. The van der Waals surface area contributed by atoms with Crippen LogP contribution < -0.4 is 15.6 Å². The van der Waals surface area contributed by atoms with Crippen LogP contribution in [0.4, 0.5) is 5.69 Å². The standard InChI is InChI=1S/C27H19N3O5/c1-35-16-11-9-15(10-12-16)13-22-28-21(14-23(31)30-22)27(34)29-20-8-4-7-19-24(20)26(33)18-6-3-2-5-17(18)25(19)32/h2-12,14H,13H2,1H3,(H,29,34)(H,28,30,31). The van der Waals surface area contributed by atoms with Gasteiger partial charge < -0.3 is 15.0 Å². The number of hydrogen-bond acceptors (Lipinski definition) is 6. The molecule has 0 saturated heterocycles. The van der Waals surface area contributed by atoms with Gasteiger partial charge in [0.05, 0.1) is 18.4 Å². The van der Waals surface area contributed by atoms with Crippen LogP contribution in [-0.4, -0.2) is 34.6 Å². The Kier molecular flexibility index (Phi) is 5.54. The van der Waals surface area contributed by atoms with Crippen molar-refractivity contribution in [3.05, 3.63) is 122 Å². The molecule has 1 amide bonds. The van der Waals surface area contributed by atoms with Crippen LogP contribution in [-0.2, 0) is 6.42 Å². The molecule has 0 radical (unpaired) electrons. The predicted octanol–water partition coefficient (Wildman–Crippen LogP) is 3.40. The smallest absolute Gasteiger partial charge is 0.274 e. The van der Waals surface area contributed by atoms with E-state index in [0.717, 1.165) is 11.6 Å². The third-order valence-corrected chi connectivity index (χ3v) is 5.75. The normalized spacial score (nSPS) is 12.0. The van der Waals surface area contributed by atoms with E-state index in [9.17, 15) is 19.2 Å². The van der Waals surface area contributed by atoms with Crippen LogP contribution >= 0.6 is 0 Å². The number of carbonyl (C=O) groups excluding carboxylic acids is 3. The van der Waals surface area contributed by atoms with E-state index >= 15 is 0 Å². The van der Waals surface area contributed by atoms with Gasteiger partial charge in [-0.1, -0.05) is 48.5 Å². The zero-order valence-corrected chi connectivity index (χ0v) is 18.6. The molecule has 4 aromatic rings. The first-order valence-corrected chi connectivity index (χ1v) is 10.8. The van der Waals surface area contributed by atoms with Crippen molar-refractivity contribution in [3.63, 3.8) is 0 Å². The van der Waals surface area contributed by atoms with Gasteiger partial charge in [0.15, 0.2) is 11.6 Å². The molecule has 5 rings (SSSR count). The Bertz CT molecular complexity index is 1550. The first-order valence-electron chi connectivity index (χ1n) is 10.8. The average molecular weight is 465 g/mol. The molecule has 35 heavy (non-hydrogen) atoms. The summed E-state index contributed by atoms with van der Waals surface area (Å²) in [5, 5.41) is 2.66. The highest BCUT2D eigenvalue weighted by Crippen LogP contribution is 2.32. The summed E-state index contributed by atoms with van der Waals surface area (Å²) in [7, 11) is 1.57. The third-order valence-electron chi connectivity index (χ3n) is 5.75. The second-order valence-corrected chi connectivity index (χ2v) is 7.99. The van der Waals surface area contributed by atoms with Crippen LogP contribution in [0.3, 0.4) is 0 Å². The molecule has 8 nitrogen and oxygen atoms in total. The zero-order valence-electron chi connectivity index (χ0n) is 18.6. The number of fused-ring (bicyclic) bond motifs is 2. The first kappa shape index (κ1) is 22.0. The van der Waals surface area contributed by atoms with Crippen LogP contribution in [0.5, 0.6) is 5.75 Å². The van der Waals surface area contributed by atoms with Crippen LogP contribution in [0, 0.1) is 0 Å². The number of hydrogen-bond donors (Lipinski definition) is 2. The molecular formula is C27H19N3O5. The van der Waals surface area contributed by atoms with Gasteiger partial charge in [0, 0.05) is 29.2 Å². The Labute approximate surface area is 199 Å². The topological polar surface area (TPSA) is 118 Å². The summed E-state index contributed by atoms with van der Waals surface area (Å²) < 4.78 is 5.15. The maximum absolute atomic E-state index is 13.2. The van der Waals surface area contributed by atoms with Gasteiger partial charge in [-0.3, -0.25) is 19.2 Å². The van der Waals surface area contributed by atoms with Crippen molar-refractivity contribution in [2.45, 2.75) is 6.42 Å². The first-order chi connectivity index (χ1) is 16.9. The third kappa shape index (κ3) is 4.13. The summed E-state index contributed by atoms with van der Waals surface area (Å²) in [4.78, 5) is 58.3. The number of ketones is 2. The molecule has 0 aliphatic heterocycles. The fourth-order valence-corrected chi connectivity index (χ4v) is 4.08. The van der Waals surface area contributed by atoms with Gasteiger partial charge >= 0.3 is 0 Å². The van der Waals surface area contributed by atoms with E-state index < -0.39 is 11.5 Å². The molecule has 0 saturated carbocycles. The molecule has 1 heterocycles. The number of ether oxygens (including phenoxy) is 1. The van der Waals surface area contributed by atoms with Crippen molar-refractivity contribution >= 4 is 23.2 Å². The number of nitrogens with one attached hydrogen (secondary N) is 2. The summed E-state index contributed by atoms with van der Waals surface area (Å²) in [6.45, 7) is 0. The number of nitrogens with zero attached hydrogens (tertiary/aromatic N) is 1. The van der Waals surface area contributed by atoms with Crippen molar-refractivity contribution in [1.82, 2.24) is 9.97 Å². The maximum Gasteiger partial charge on any atom is 0.274 e. The summed E-state index contributed by atoms with van der Waals surface area (Å²) in [6, 6.07) is 19.6. The van der Waals surface area contributed by atoms with Crippen LogP contribution in [0.15, 0.2) is 77.6 Å². The summed E-state index contributed by atoms with van der Waals surface area (Å²) in [5.74, 6) is -0.305. The monoisotopic (exact) mass is 465 g/mol. The van der Waals surface area contributed by atoms with E-state index in [1.165, 1.54) is 0 Å². The Hall–Kier alpha value is -4.85. The number of benzene rings is 3. The fraction of sp³-hybridized carbons (Fsp3) is 0.0741. The van der Waals surface area contributed by atoms with Crippen molar-refractivity contribution in [2.24, 2.45) is 0 Å². The summed E-state index contributed by atoms with van der Waals surface area (Å²) >= 11 is 0. The van der Waals surface area contributed by atoms with E-state index in [1.54, 1.807) is 61.7 Å². The minimum Gasteiger partial charge on any atom is -0.497 e. The number of rotatable bonds is 5. The molecule has 0 unspecified atom stereocenters. The number of H-pyrrole nitrogens is 1. The molecule has 1 aliphatic carbocycles. The van der Waals surface area contributed by atoms with Gasteiger partial charge in [-0.15, -0.1) is 0 Å². The Balaban J connectivity index is 1.44. The highest BCUT2D eigenvalue weighted by molar-refractivity contribution is 6.30. The molecule has 0 atom stereocenters. The molecule has 0 spiro atoms. The maximum atomic E-state index is 13.2. The Morgan fingerprint density at radius 3 is 2.29 bits per heavy atom. The molecule has 0 bridgehead atoms. The Morgan fingerprint density at radius 2 is 1.57 bits per heavy atom. The zero-order chi connectivity index (χ0) is 24.5. The van der Waals surface area contributed by atoms with Crippen LogP contribution in [0.2, 0.25) is 0 Å². The van der Waals surface area contributed by atoms with Crippen molar-refractivity contribution < 1.29 is 19.1 Å². The van der Waals surface area contributed by atoms with E-state index in [-0.39, 0.29) is 39.6 Å². The number of amides is 1. The molecule has 1 aromatic heterocycles. The van der Waals surface area contributed by atoms with Gasteiger partial charge in [-0.2, -0.15) is 0 Å². The van der Waals surface area contributed by atoms with Crippen molar-refractivity contribution in [1.29, 1.82) is 0 Å². The molecule has 3 aromatic carbocycles. The molecule has 1 aliphatic rings. The minimum absolute atomic E-state index is 0.107. The number of aromatic nitrogens is 2. The second kappa shape index (κ2) is 8.83. The SMILES string of the molecule is COc1ccc(Cc2nc(C(=O)Nc3cccc4c3C(=O)c3ccccc3C4=O)cc(=O)[nH]2)cc1. The lowest BCUT2D eigenvalue weighted by atomic mass is 9.83. The van der Waals surface area contributed by atoms with Gasteiger partial charge in [0.1, 0.15) is 17.3 Å². The average Bonchev–Trinajstić information content (AvgIpc) is 2.87. The number of anilines is 1. The lowest BCUT2D eigenvalue weighted by Crippen LogP contribution is -2.25. The van der Waals surface area contributed by atoms with Crippen LogP contribution in [0.1, 0.15) is 53.7 Å². The van der Waals surface area contributed by atoms with Gasteiger partial charge in [0.25, 0.3) is 11.5 Å². The van der Waals surface area contributed by atoms with Crippen LogP contribution in [0.25, 0.3) is 0 Å². The van der Waals surface area contributed by atoms with E-state index in [1.807, 2.05) is 12.1 Å². The predicted molar refractivity (Wildman–Crippen MR) is 128 cm³/mol. The van der Waals surface area contributed by atoms with E-state index in [2.05, 4.69) is 15.3 Å². The molecule has 8 heteroatoms. The number of carbonyl (C=O) groups is 3. The number of aromatic amines is 1. The lowest BCUT2D eigenvalue weighted by Gasteiger charge is -2.20. The fourth-order valence-electron chi connectivity index (χ4n) is 4.08. The number of methoxy groups -OCH3 is 1. The van der Waals surface area contributed by atoms with Gasteiger partial charge in [0.2, 0.25) is 0 Å². The summed E-state index contributed by atoms with van der Waals surface area (Å²) in [6.07, 6.45) is 0.296. The van der Waals surface area contributed by atoms with Crippen molar-refractivity contribution in [2.75, 3.05) is 12.4 Å². The lowest BCUT2D eigenvalue weighted by molar-refractivity contribution is 0.0978.